The van der Waals surface area contributed by atoms with Gasteiger partial charge < -0.3 is 15.4 Å². The van der Waals surface area contributed by atoms with Crippen LogP contribution in [0.15, 0.2) is 24.4 Å². The van der Waals surface area contributed by atoms with Crippen molar-refractivity contribution >= 4 is 42.7 Å². The summed E-state index contributed by atoms with van der Waals surface area (Å²) in [5.74, 6) is 0.537. The second-order valence-corrected chi connectivity index (χ2v) is 4.75. The molecule has 2 rings (SSSR count). The summed E-state index contributed by atoms with van der Waals surface area (Å²) < 4.78 is 4.82. The molecular weight excluding hydrogens is 325 g/mol. The van der Waals surface area contributed by atoms with Gasteiger partial charge in [-0.1, -0.05) is 0 Å². The van der Waals surface area contributed by atoms with Crippen LogP contribution in [0, 0.1) is 0 Å². The second kappa shape index (κ2) is 11.3. The minimum Gasteiger partial charge on any atom is -0.463 e. The first-order valence-electron chi connectivity index (χ1n) is 7.06. The van der Waals surface area contributed by atoms with Gasteiger partial charge >= 0.3 is 5.97 Å². The van der Waals surface area contributed by atoms with Gasteiger partial charge in [-0.3, -0.25) is 0 Å². The second-order valence-electron chi connectivity index (χ2n) is 4.75. The van der Waals surface area contributed by atoms with E-state index in [1.54, 1.807) is 19.2 Å². The van der Waals surface area contributed by atoms with Gasteiger partial charge in [0.05, 0.1) is 6.61 Å². The van der Waals surface area contributed by atoms with Crippen LogP contribution in [0.3, 0.4) is 0 Å². The Morgan fingerprint density at radius 3 is 2.91 bits per heavy atom. The standard InChI is InChI=1S/C15H21N3O2.2ClH/c1-2-20-15(19)8-6-12-5-7-14(17-10-12)18-13-4-3-9-16-11-13;;/h5-8,10,13,16H,2-4,9,11H2,1H3,(H,17,18);2*1H/b8-6+;;/t13-;;/m1../s1. The molecule has 1 aliphatic heterocycles. The Bertz CT molecular complexity index is 460. The topological polar surface area (TPSA) is 63.2 Å². The molecule has 0 aromatic carbocycles. The fraction of sp³-hybridized carbons (Fsp3) is 0.467. The number of carbonyl (C=O) groups is 1. The van der Waals surface area contributed by atoms with Crippen LogP contribution in [0.5, 0.6) is 0 Å². The third kappa shape index (κ3) is 7.11. The molecule has 1 aromatic heterocycles. The van der Waals surface area contributed by atoms with Crippen LogP contribution >= 0.6 is 24.8 Å². The van der Waals surface area contributed by atoms with Crippen LogP contribution < -0.4 is 10.6 Å². The first-order chi connectivity index (χ1) is 9.78. The largest absolute Gasteiger partial charge is 0.463 e. The fourth-order valence-corrected chi connectivity index (χ4v) is 2.13. The maximum Gasteiger partial charge on any atom is 0.330 e. The van der Waals surface area contributed by atoms with Crippen LogP contribution in [0.25, 0.3) is 6.08 Å². The SMILES string of the molecule is CCOC(=O)/C=C/c1ccc(N[C@@H]2CCCNC2)nc1.Cl.Cl. The number of rotatable bonds is 5. The zero-order valence-electron chi connectivity index (χ0n) is 12.6. The van der Waals surface area contributed by atoms with Crippen molar-refractivity contribution in [1.29, 1.82) is 0 Å². The molecule has 0 unspecified atom stereocenters. The molecule has 1 atom stereocenters. The highest BCUT2D eigenvalue weighted by Gasteiger charge is 2.12. The van der Waals surface area contributed by atoms with Crippen molar-refractivity contribution in [3.8, 4) is 0 Å². The van der Waals surface area contributed by atoms with Gasteiger partial charge in [-0.05, 0) is 50.1 Å². The molecule has 7 heteroatoms. The molecule has 0 aliphatic carbocycles. The fourth-order valence-electron chi connectivity index (χ4n) is 2.13. The van der Waals surface area contributed by atoms with Gasteiger partial charge in [0.15, 0.2) is 0 Å². The number of pyridine rings is 1. The van der Waals surface area contributed by atoms with E-state index in [0.717, 1.165) is 24.5 Å². The Hall–Kier alpha value is -1.30. The van der Waals surface area contributed by atoms with E-state index in [2.05, 4.69) is 15.6 Å². The highest BCUT2D eigenvalue weighted by molar-refractivity contribution is 5.87. The molecular formula is C15H23Cl2N3O2. The summed E-state index contributed by atoms with van der Waals surface area (Å²) in [6.45, 7) is 4.25. The lowest BCUT2D eigenvalue weighted by Gasteiger charge is -2.24. The van der Waals surface area contributed by atoms with Crippen LogP contribution in [-0.4, -0.2) is 36.7 Å². The van der Waals surface area contributed by atoms with E-state index < -0.39 is 0 Å². The quantitative estimate of drug-likeness (QED) is 0.633. The van der Waals surface area contributed by atoms with E-state index in [-0.39, 0.29) is 30.8 Å². The highest BCUT2D eigenvalue weighted by Crippen LogP contribution is 2.11. The number of aromatic nitrogens is 1. The number of nitrogens with one attached hydrogen (secondary N) is 2. The molecule has 1 fully saturated rings. The van der Waals surface area contributed by atoms with Crippen LogP contribution in [0.1, 0.15) is 25.3 Å². The van der Waals surface area contributed by atoms with E-state index in [1.807, 2.05) is 12.1 Å². The van der Waals surface area contributed by atoms with E-state index in [9.17, 15) is 4.79 Å². The first-order valence-corrected chi connectivity index (χ1v) is 7.06. The molecule has 1 saturated heterocycles. The minimum absolute atomic E-state index is 0. The monoisotopic (exact) mass is 347 g/mol. The lowest BCUT2D eigenvalue weighted by molar-refractivity contribution is -0.137. The Balaban J connectivity index is 0.00000220. The summed E-state index contributed by atoms with van der Waals surface area (Å²) in [7, 11) is 0. The summed E-state index contributed by atoms with van der Waals surface area (Å²) in [6, 6.07) is 4.30. The number of esters is 1. The normalized spacial score (nSPS) is 17.2. The molecule has 0 bridgehead atoms. The molecule has 1 aromatic rings. The lowest BCUT2D eigenvalue weighted by Crippen LogP contribution is -2.38. The van der Waals surface area contributed by atoms with Crippen molar-refractivity contribution in [2.75, 3.05) is 25.0 Å². The smallest absolute Gasteiger partial charge is 0.330 e. The van der Waals surface area contributed by atoms with Gasteiger partial charge in [-0.15, -0.1) is 24.8 Å². The molecule has 1 aliphatic rings. The van der Waals surface area contributed by atoms with Gasteiger partial charge in [0.2, 0.25) is 0 Å². The van der Waals surface area contributed by atoms with Crippen molar-refractivity contribution in [2.45, 2.75) is 25.8 Å². The maximum absolute atomic E-state index is 11.2. The molecule has 2 heterocycles. The Morgan fingerprint density at radius 2 is 2.32 bits per heavy atom. The van der Waals surface area contributed by atoms with Gasteiger partial charge in [0, 0.05) is 24.9 Å². The molecule has 0 saturated carbocycles. The Kier molecular flexibility index (Phi) is 10.6. The van der Waals surface area contributed by atoms with Crippen molar-refractivity contribution < 1.29 is 9.53 Å². The Morgan fingerprint density at radius 1 is 1.50 bits per heavy atom. The molecule has 0 radical (unpaired) electrons. The molecule has 124 valence electrons. The number of hydrogen-bond acceptors (Lipinski definition) is 5. The summed E-state index contributed by atoms with van der Waals surface area (Å²) in [5.41, 5.74) is 0.880. The Labute approximate surface area is 143 Å². The predicted molar refractivity (Wildman–Crippen MR) is 93.9 cm³/mol. The van der Waals surface area contributed by atoms with E-state index >= 15 is 0 Å². The average molecular weight is 348 g/mol. The molecule has 0 spiro atoms. The van der Waals surface area contributed by atoms with Gasteiger partial charge in [-0.2, -0.15) is 0 Å². The summed E-state index contributed by atoms with van der Waals surface area (Å²) in [4.78, 5) is 15.6. The van der Waals surface area contributed by atoms with E-state index in [0.29, 0.717) is 12.6 Å². The molecule has 2 N–H and O–H groups in total. The lowest BCUT2D eigenvalue weighted by atomic mass is 10.1. The predicted octanol–water partition coefficient (Wildman–Crippen LogP) is 2.67. The summed E-state index contributed by atoms with van der Waals surface area (Å²) in [5, 5.41) is 6.76. The number of hydrogen-bond donors (Lipinski definition) is 2. The van der Waals surface area contributed by atoms with Crippen molar-refractivity contribution in [1.82, 2.24) is 10.3 Å². The van der Waals surface area contributed by atoms with Crippen molar-refractivity contribution in [3.63, 3.8) is 0 Å². The van der Waals surface area contributed by atoms with Gasteiger partial charge in [0.25, 0.3) is 0 Å². The molecule has 0 amide bonds. The number of carbonyl (C=O) groups excluding carboxylic acids is 1. The van der Waals surface area contributed by atoms with E-state index in [4.69, 9.17) is 4.74 Å². The molecule has 5 nitrogen and oxygen atoms in total. The van der Waals surface area contributed by atoms with Crippen LogP contribution in [0.4, 0.5) is 5.82 Å². The van der Waals surface area contributed by atoms with Crippen molar-refractivity contribution in [3.05, 3.63) is 30.0 Å². The summed E-state index contributed by atoms with van der Waals surface area (Å²) >= 11 is 0. The van der Waals surface area contributed by atoms with E-state index in [1.165, 1.54) is 18.9 Å². The number of anilines is 1. The number of halogens is 2. The zero-order valence-corrected chi connectivity index (χ0v) is 14.2. The van der Waals surface area contributed by atoms with Gasteiger partial charge in [-0.25, -0.2) is 9.78 Å². The van der Waals surface area contributed by atoms with Crippen LogP contribution in [0.2, 0.25) is 0 Å². The van der Waals surface area contributed by atoms with Gasteiger partial charge in [0.1, 0.15) is 5.82 Å². The molecule has 22 heavy (non-hydrogen) atoms. The first kappa shape index (κ1) is 20.7. The maximum atomic E-state index is 11.2. The number of piperidine rings is 1. The third-order valence-electron chi connectivity index (χ3n) is 3.13. The number of nitrogens with zero attached hydrogens (tertiary/aromatic N) is 1. The summed E-state index contributed by atoms with van der Waals surface area (Å²) in [6.07, 6.45) is 7.22. The minimum atomic E-state index is -0.331. The number of ether oxygens (including phenoxy) is 1. The van der Waals surface area contributed by atoms with Crippen LogP contribution in [-0.2, 0) is 9.53 Å². The highest BCUT2D eigenvalue weighted by atomic mass is 35.5. The zero-order chi connectivity index (χ0) is 14.2. The van der Waals surface area contributed by atoms with Crippen molar-refractivity contribution in [2.24, 2.45) is 0 Å². The third-order valence-corrected chi connectivity index (χ3v) is 3.13. The average Bonchev–Trinajstić information content (AvgIpc) is 2.48.